The average molecular weight is 198 g/mol. The summed E-state index contributed by atoms with van der Waals surface area (Å²) in [5, 5.41) is 6.17. The molecule has 80 valence electrons. The maximum Gasteiger partial charge on any atom is 0.234 e. The third-order valence-electron chi connectivity index (χ3n) is 2.65. The fourth-order valence-corrected chi connectivity index (χ4v) is 1.65. The predicted octanol–water partition coefficient (Wildman–Crippen LogP) is 0.0336. The molecule has 1 amide bonds. The predicted molar refractivity (Wildman–Crippen MR) is 53.0 cm³/mol. The minimum absolute atomic E-state index is 0.123. The maximum absolute atomic E-state index is 11.3. The molecule has 1 heterocycles. The van der Waals surface area contributed by atoms with Crippen molar-refractivity contribution in [2.24, 2.45) is 0 Å². The summed E-state index contributed by atoms with van der Waals surface area (Å²) in [7, 11) is 0. The molecule has 4 nitrogen and oxygen atoms in total. The van der Waals surface area contributed by atoms with Crippen LogP contribution < -0.4 is 10.6 Å². The number of amides is 1. The lowest BCUT2D eigenvalue weighted by Crippen LogP contribution is -2.43. The second kappa shape index (κ2) is 4.75. The van der Waals surface area contributed by atoms with Gasteiger partial charge in [-0.2, -0.15) is 0 Å². The van der Waals surface area contributed by atoms with Crippen LogP contribution in [0.2, 0.25) is 0 Å². The van der Waals surface area contributed by atoms with Crippen molar-refractivity contribution in [3.05, 3.63) is 0 Å². The topological polar surface area (TPSA) is 50.4 Å². The lowest BCUT2D eigenvalue weighted by molar-refractivity contribution is -0.120. The molecule has 1 saturated carbocycles. The van der Waals surface area contributed by atoms with E-state index in [1.54, 1.807) is 0 Å². The molecule has 2 fully saturated rings. The molecule has 2 N–H and O–H groups in total. The molecule has 0 aromatic heterocycles. The minimum Gasteiger partial charge on any atom is -0.380 e. The Balaban J connectivity index is 1.57. The maximum atomic E-state index is 11.3. The standard InChI is InChI=1S/C10H18N2O2/c13-10(12-8-3-4-8)6-11-9-2-1-5-14-7-9/h8-9,11H,1-7H2,(H,12,13). The lowest BCUT2D eigenvalue weighted by atomic mass is 10.1. The second-order valence-corrected chi connectivity index (χ2v) is 4.14. The summed E-state index contributed by atoms with van der Waals surface area (Å²) in [6.45, 7) is 2.05. The van der Waals surface area contributed by atoms with Crippen LogP contribution in [0, 0.1) is 0 Å². The van der Waals surface area contributed by atoms with E-state index in [-0.39, 0.29) is 5.91 Å². The summed E-state index contributed by atoms with van der Waals surface area (Å²) in [5.74, 6) is 0.123. The van der Waals surface area contributed by atoms with Gasteiger partial charge in [0.25, 0.3) is 0 Å². The average Bonchev–Trinajstić information content (AvgIpc) is 3.00. The van der Waals surface area contributed by atoms with Crippen molar-refractivity contribution in [2.75, 3.05) is 19.8 Å². The van der Waals surface area contributed by atoms with Gasteiger partial charge in [0.15, 0.2) is 0 Å². The van der Waals surface area contributed by atoms with Crippen LogP contribution in [0.4, 0.5) is 0 Å². The molecule has 0 aromatic rings. The first kappa shape index (κ1) is 9.93. The van der Waals surface area contributed by atoms with Crippen molar-refractivity contribution in [1.29, 1.82) is 0 Å². The van der Waals surface area contributed by atoms with Crippen LogP contribution in [0.1, 0.15) is 25.7 Å². The fraction of sp³-hybridized carbons (Fsp3) is 0.900. The van der Waals surface area contributed by atoms with Gasteiger partial charge in [-0.05, 0) is 25.7 Å². The molecule has 14 heavy (non-hydrogen) atoms. The number of hydrogen-bond acceptors (Lipinski definition) is 3. The highest BCUT2D eigenvalue weighted by Gasteiger charge is 2.23. The Morgan fingerprint density at radius 3 is 2.79 bits per heavy atom. The van der Waals surface area contributed by atoms with E-state index in [1.807, 2.05) is 0 Å². The van der Waals surface area contributed by atoms with Crippen molar-refractivity contribution in [2.45, 2.75) is 37.8 Å². The lowest BCUT2D eigenvalue weighted by Gasteiger charge is -2.22. The molecule has 2 aliphatic rings. The normalized spacial score (nSPS) is 27.3. The van der Waals surface area contributed by atoms with E-state index in [1.165, 1.54) is 0 Å². The summed E-state index contributed by atoms with van der Waals surface area (Å²) >= 11 is 0. The summed E-state index contributed by atoms with van der Waals surface area (Å²) < 4.78 is 5.31. The number of rotatable bonds is 4. The van der Waals surface area contributed by atoms with Gasteiger partial charge < -0.3 is 15.4 Å². The quantitative estimate of drug-likeness (QED) is 0.670. The largest absolute Gasteiger partial charge is 0.380 e. The van der Waals surface area contributed by atoms with Gasteiger partial charge in [0.05, 0.1) is 13.2 Å². The Hall–Kier alpha value is -0.610. The highest BCUT2D eigenvalue weighted by molar-refractivity contribution is 5.78. The monoisotopic (exact) mass is 198 g/mol. The molecule has 1 aliphatic heterocycles. The molecule has 0 radical (unpaired) electrons. The van der Waals surface area contributed by atoms with Crippen molar-refractivity contribution < 1.29 is 9.53 Å². The smallest absolute Gasteiger partial charge is 0.234 e. The molecular weight excluding hydrogens is 180 g/mol. The van der Waals surface area contributed by atoms with Crippen LogP contribution in [0.15, 0.2) is 0 Å². The first-order valence-electron chi connectivity index (χ1n) is 5.45. The number of carbonyl (C=O) groups excluding carboxylic acids is 1. The van der Waals surface area contributed by atoms with Gasteiger partial charge in [-0.3, -0.25) is 4.79 Å². The Morgan fingerprint density at radius 1 is 1.29 bits per heavy atom. The van der Waals surface area contributed by atoms with Crippen molar-refractivity contribution in [1.82, 2.24) is 10.6 Å². The molecule has 1 aliphatic carbocycles. The Morgan fingerprint density at radius 2 is 2.14 bits per heavy atom. The summed E-state index contributed by atoms with van der Waals surface area (Å²) in [6, 6.07) is 0.834. The third-order valence-corrected chi connectivity index (χ3v) is 2.65. The Bertz CT molecular complexity index is 198. The molecular formula is C10H18N2O2. The second-order valence-electron chi connectivity index (χ2n) is 4.14. The molecule has 1 saturated heterocycles. The molecule has 0 bridgehead atoms. The van der Waals surface area contributed by atoms with Crippen LogP contribution in [-0.4, -0.2) is 37.7 Å². The Kier molecular flexibility index (Phi) is 3.37. The zero-order chi connectivity index (χ0) is 9.80. The van der Waals surface area contributed by atoms with E-state index in [9.17, 15) is 4.79 Å². The van der Waals surface area contributed by atoms with Gasteiger partial charge in [-0.15, -0.1) is 0 Å². The van der Waals surface area contributed by atoms with Gasteiger partial charge in [-0.1, -0.05) is 0 Å². The molecule has 1 atom stereocenters. The zero-order valence-electron chi connectivity index (χ0n) is 8.42. The number of ether oxygens (including phenoxy) is 1. The van der Waals surface area contributed by atoms with Crippen molar-refractivity contribution in [3.63, 3.8) is 0 Å². The number of nitrogens with one attached hydrogen (secondary N) is 2. The van der Waals surface area contributed by atoms with E-state index >= 15 is 0 Å². The number of carbonyl (C=O) groups is 1. The molecule has 2 rings (SSSR count). The van der Waals surface area contributed by atoms with Gasteiger partial charge in [-0.25, -0.2) is 0 Å². The Labute approximate surface area is 84.4 Å². The van der Waals surface area contributed by atoms with E-state index < -0.39 is 0 Å². The third kappa shape index (κ3) is 3.27. The zero-order valence-corrected chi connectivity index (χ0v) is 8.42. The van der Waals surface area contributed by atoms with E-state index in [4.69, 9.17) is 4.74 Å². The molecule has 1 unspecified atom stereocenters. The van der Waals surface area contributed by atoms with Crippen LogP contribution in [-0.2, 0) is 9.53 Å². The van der Waals surface area contributed by atoms with Gasteiger partial charge in [0.2, 0.25) is 5.91 Å². The van der Waals surface area contributed by atoms with Crippen molar-refractivity contribution in [3.8, 4) is 0 Å². The summed E-state index contributed by atoms with van der Waals surface area (Å²) in [5.41, 5.74) is 0. The molecule has 0 aromatic carbocycles. The van der Waals surface area contributed by atoms with Gasteiger partial charge in [0.1, 0.15) is 0 Å². The number of hydrogen-bond donors (Lipinski definition) is 2. The van der Waals surface area contributed by atoms with E-state index in [0.717, 1.165) is 38.9 Å². The highest BCUT2D eigenvalue weighted by atomic mass is 16.5. The minimum atomic E-state index is 0.123. The van der Waals surface area contributed by atoms with Gasteiger partial charge in [0, 0.05) is 18.7 Å². The van der Waals surface area contributed by atoms with E-state index in [0.29, 0.717) is 18.6 Å². The summed E-state index contributed by atoms with van der Waals surface area (Å²) in [4.78, 5) is 11.3. The fourth-order valence-electron chi connectivity index (χ4n) is 1.65. The summed E-state index contributed by atoms with van der Waals surface area (Å²) in [6.07, 6.45) is 4.52. The molecule has 0 spiro atoms. The first-order chi connectivity index (χ1) is 6.84. The van der Waals surface area contributed by atoms with Crippen LogP contribution in [0.3, 0.4) is 0 Å². The van der Waals surface area contributed by atoms with Crippen molar-refractivity contribution >= 4 is 5.91 Å². The van der Waals surface area contributed by atoms with E-state index in [2.05, 4.69) is 10.6 Å². The molecule has 4 heteroatoms. The first-order valence-corrected chi connectivity index (χ1v) is 5.45. The van der Waals surface area contributed by atoms with Crippen LogP contribution >= 0.6 is 0 Å². The van der Waals surface area contributed by atoms with Gasteiger partial charge >= 0.3 is 0 Å². The SMILES string of the molecule is O=C(CNC1CCCOC1)NC1CC1. The highest BCUT2D eigenvalue weighted by Crippen LogP contribution is 2.18. The van der Waals surface area contributed by atoms with Crippen LogP contribution in [0.25, 0.3) is 0 Å². The van der Waals surface area contributed by atoms with Crippen LogP contribution in [0.5, 0.6) is 0 Å².